The molecule has 0 aliphatic rings. The normalized spacial score (nSPS) is 10.1. The molecule has 0 bridgehead atoms. The van der Waals surface area contributed by atoms with Gasteiger partial charge in [-0.1, -0.05) is 30.3 Å². The monoisotopic (exact) mass is 301 g/mol. The number of thioether (sulfide) groups is 1. The SMILES string of the molecule is CSc1c(CC(=O)O)c(-c2ccccc2)oc(=O)c1C#N. The molecule has 0 amide bonds. The predicted molar refractivity (Wildman–Crippen MR) is 78.2 cm³/mol. The fourth-order valence-corrected chi connectivity index (χ4v) is 2.75. The number of nitrogens with zero attached hydrogens (tertiary/aromatic N) is 1. The second-order valence-corrected chi connectivity index (χ2v) is 4.97. The van der Waals surface area contributed by atoms with Crippen molar-refractivity contribution >= 4 is 17.7 Å². The van der Waals surface area contributed by atoms with Gasteiger partial charge in [0.2, 0.25) is 0 Å². The molecule has 21 heavy (non-hydrogen) atoms. The van der Waals surface area contributed by atoms with E-state index in [9.17, 15) is 9.59 Å². The van der Waals surface area contributed by atoms with Crippen molar-refractivity contribution in [3.8, 4) is 17.4 Å². The topological polar surface area (TPSA) is 91.3 Å². The van der Waals surface area contributed by atoms with Crippen molar-refractivity contribution in [2.45, 2.75) is 11.3 Å². The maximum absolute atomic E-state index is 11.9. The van der Waals surface area contributed by atoms with Crippen LogP contribution in [0.3, 0.4) is 0 Å². The van der Waals surface area contributed by atoms with Gasteiger partial charge in [0, 0.05) is 16.0 Å². The number of hydrogen-bond donors (Lipinski definition) is 1. The van der Waals surface area contributed by atoms with Gasteiger partial charge in [-0.15, -0.1) is 11.8 Å². The summed E-state index contributed by atoms with van der Waals surface area (Å²) in [6.45, 7) is 0. The molecular formula is C15H11NO4S. The molecule has 0 fully saturated rings. The van der Waals surface area contributed by atoms with Crippen LogP contribution in [0.15, 0.2) is 44.4 Å². The summed E-state index contributed by atoms with van der Waals surface area (Å²) in [7, 11) is 0. The molecule has 106 valence electrons. The Morgan fingerprint density at radius 2 is 2.05 bits per heavy atom. The summed E-state index contributed by atoms with van der Waals surface area (Å²) in [5.41, 5.74) is 0.0382. The highest BCUT2D eigenvalue weighted by molar-refractivity contribution is 7.98. The van der Waals surface area contributed by atoms with Gasteiger partial charge in [0.25, 0.3) is 0 Å². The number of benzene rings is 1. The van der Waals surface area contributed by atoms with Crippen LogP contribution in [-0.4, -0.2) is 17.3 Å². The molecule has 5 nitrogen and oxygen atoms in total. The summed E-state index contributed by atoms with van der Waals surface area (Å²) in [5.74, 6) is -0.855. The van der Waals surface area contributed by atoms with Crippen LogP contribution < -0.4 is 5.63 Å². The number of carboxylic acids is 1. The van der Waals surface area contributed by atoms with Crippen molar-refractivity contribution in [3.05, 3.63) is 51.9 Å². The Balaban J connectivity index is 2.81. The highest BCUT2D eigenvalue weighted by Gasteiger charge is 2.22. The number of carbonyl (C=O) groups is 1. The Labute approximate surface area is 124 Å². The zero-order chi connectivity index (χ0) is 15.4. The Kier molecular flexibility index (Phi) is 4.45. The first-order chi connectivity index (χ1) is 10.1. The summed E-state index contributed by atoms with van der Waals surface area (Å²) in [5, 5.41) is 18.2. The van der Waals surface area contributed by atoms with Crippen LogP contribution in [-0.2, 0) is 11.2 Å². The smallest absolute Gasteiger partial charge is 0.355 e. The lowest BCUT2D eigenvalue weighted by atomic mass is 10.0. The maximum atomic E-state index is 11.9. The second-order valence-electron chi connectivity index (χ2n) is 4.15. The van der Waals surface area contributed by atoms with E-state index in [1.165, 1.54) is 11.8 Å². The summed E-state index contributed by atoms with van der Waals surface area (Å²) < 4.78 is 5.21. The minimum absolute atomic E-state index is 0.154. The van der Waals surface area contributed by atoms with Crippen LogP contribution in [0.4, 0.5) is 0 Å². The van der Waals surface area contributed by atoms with Gasteiger partial charge >= 0.3 is 11.6 Å². The molecule has 2 aromatic rings. The average molecular weight is 301 g/mol. The molecule has 1 aromatic heterocycles. The third-order valence-corrected chi connectivity index (χ3v) is 3.71. The minimum Gasteiger partial charge on any atom is -0.481 e. The number of rotatable bonds is 4. The third kappa shape index (κ3) is 2.98. The van der Waals surface area contributed by atoms with Crippen molar-refractivity contribution in [1.82, 2.24) is 0 Å². The second kappa shape index (κ2) is 6.29. The Hall–Kier alpha value is -2.52. The predicted octanol–water partition coefficient (Wildman–Crippen LogP) is 2.53. The van der Waals surface area contributed by atoms with Crippen molar-refractivity contribution in [1.29, 1.82) is 5.26 Å². The number of nitriles is 1. The summed E-state index contributed by atoms with van der Waals surface area (Å²) in [6, 6.07) is 10.6. The summed E-state index contributed by atoms with van der Waals surface area (Å²) in [4.78, 5) is 23.4. The van der Waals surface area contributed by atoms with Gasteiger partial charge < -0.3 is 9.52 Å². The van der Waals surface area contributed by atoms with Gasteiger partial charge in [-0.25, -0.2) is 4.79 Å². The lowest BCUT2D eigenvalue weighted by Gasteiger charge is -2.11. The Bertz CT molecular complexity index is 775. The largest absolute Gasteiger partial charge is 0.481 e. The molecular weight excluding hydrogens is 290 g/mol. The van der Waals surface area contributed by atoms with Crippen molar-refractivity contribution in [2.75, 3.05) is 6.26 Å². The standard InChI is InChI=1S/C15H11NO4S/c1-21-14-10(7-12(17)18)13(9-5-3-2-4-6-9)20-15(19)11(14)8-16/h2-6H,7H2,1H3,(H,17,18). The highest BCUT2D eigenvalue weighted by atomic mass is 32.2. The highest BCUT2D eigenvalue weighted by Crippen LogP contribution is 2.32. The summed E-state index contributed by atoms with van der Waals surface area (Å²) >= 11 is 1.17. The lowest BCUT2D eigenvalue weighted by molar-refractivity contribution is -0.136. The molecule has 0 aliphatic carbocycles. The van der Waals surface area contributed by atoms with Gasteiger partial charge in [0.05, 0.1) is 6.42 Å². The van der Waals surface area contributed by atoms with Crippen LogP contribution in [0.1, 0.15) is 11.1 Å². The van der Waals surface area contributed by atoms with E-state index in [1.807, 2.05) is 0 Å². The molecule has 0 saturated carbocycles. The zero-order valence-electron chi connectivity index (χ0n) is 11.1. The molecule has 6 heteroatoms. The summed E-state index contributed by atoms with van der Waals surface area (Å²) in [6.07, 6.45) is 1.37. The number of carboxylic acid groups (broad SMARTS) is 1. The van der Waals surface area contributed by atoms with Gasteiger partial charge in [-0.3, -0.25) is 4.79 Å². The van der Waals surface area contributed by atoms with Gasteiger partial charge in [0.1, 0.15) is 11.8 Å². The van der Waals surface area contributed by atoms with Crippen LogP contribution in [0.5, 0.6) is 0 Å². The van der Waals surface area contributed by atoms with Gasteiger partial charge in [-0.05, 0) is 6.26 Å². The molecule has 1 N–H and O–H groups in total. The molecule has 0 atom stereocenters. The maximum Gasteiger partial charge on any atom is 0.355 e. The first kappa shape index (κ1) is 14.9. The van der Waals surface area contributed by atoms with Crippen molar-refractivity contribution < 1.29 is 14.3 Å². The Morgan fingerprint density at radius 3 is 2.57 bits per heavy atom. The van der Waals surface area contributed by atoms with Crippen LogP contribution in [0.25, 0.3) is 11.3 Å². The zero-order valence-corrected chi connectivity index (χ0v) is 11.9. The van der Waals surface area contributed by atoms with Crippen LogP contribution in [0.2, 0.25) is 0 Å². The van der Waals surface area contributed by atoms with Crippen LogP contribution >= 0.6 is 11.8 Å². The van der Waals surface area contributed by atoms with E-state index in [4.69, 9.17) is 14.8 Å². The van der Waals surface area contributed by atoms with E-state index in [-0.39, 0.29) is 17.7 Å². The Morgan fingerprint density at radius 1 is 1.38 bits per heavy atom. The first-order valence-electron chi connectivity index (χ1n) is 5.99. The number of aliphatic carboxylic acids is 1. The molecule has 2 rings (SSSR count). The molecule has 0 saturated heterocycles. The quantitative estimate of drug-likeness (QED) is 0.872. The van der Waals surface area contributed by atoms with E-state index in [1.54, 1.807) is 42.7 Å². The first-order valence-corrected chi connectivity index (χ1v) is 7.22. The van der Waals surface area contributed by atoms with E-state index >= 15 is 0 Å². The molecule has 1 aromatic carbocycles. The van der Waals surface area contributed by atoms with E-state index in [0.717, 1.165) is 0 Å². The van der Waals surface area contributed by atoms with Crippen molar-refractivity contribution in [3.63, 3.8) is 0 Å². The average Bonchev–Trinajstić information content (AvgIpc) is 2.48. The number of hydrogen-bond acceptors (Lipinski definition) is 5. The molecule has 0 unspecified atom stereocenters. The van der Waals surface area contributed by atoms with Gasteiger partial charge in [0.15, 0.2) is 5.56 Å². The molecule has 0 spiro atoms. The van der Waals surface area contributed by atoms with Crippen molar-refractivity contribution in [2.24, 2.45) is 0 Å². The fraction of sp³-hybridized carbons (Fsp3) is 0.133. The lowest BCUT2D eigenvalue weighted by Crippen LogP contribution is -2.13. The molecule has 0 radical (unpaired) electrons. The van der Waals surface area contributed by atoms with E-state index in [2.05, 4.69) is 0 Å². The van der Waals surface area contributed by atoms with E-state index in [0.29, 0.717) is 16.0 Å². The third-order valence-electron chi connectivity index (χ3n) is 2.85. The minimum atomic E-state index is -1.06. The fourth-order valence-electron chi connectivity index (χ4n) is 2.01. The van der Waals surface area contributed by atoms with Crippen LogP contribution in [0, 0.1) is 11.3 Å². The molecule has 0 aliphatic heterocycles. The molecule has 1 heterocycles. The van der Waals surface area contributed by atoms with Gasteiger partial charge in [-0.2, -0.15) is 5.26 Å². The van der Waals surface area contributed by atoms with E-state index < -0.39 is 11.6 Å².